The van der Waals surface area contributed by atoms with Gasteiger partial charge >= 0.3 is 5.69 Å². The maximum atomic E-state index is 14.6. The van der Waals surface area contributed by atoms with Crippen molar-refractivity contribution in [2.75, 3.05) is 12.8 Å². The first-order valence-corrected chi connectivity index (χ1v) is 9.33. The summed E-state index contributed by atoms with van der Waals surface area (Å²) in [6.45, 7) is 4.00. The Kier molecular flexibility index (Phi) is 5.87. The number of nitrogens with zero attached hydrogens (tertiary/aromatic N) is 4. The lowest BCUT2D eigenvalue weighted by atomic mass is 10.1. The van der Waals surface area contributed by atoms with Gasteiger partial charge in [0, 0.05) is 6.54 Å². The summed E-state index contributed by atoms with van der Waals surface area (Å²) in [5.74, 6) is -0.0379. The third-order valence-corrected chi connectivity index (χ3v) is 5.00. The summed E-state index contributed by atoms with van der Waals surface area (Å²) in [4.78, 5) is 21.3. The number of anilines is 1. The van der Waals surface area contributed by atoms with Gasteiger partial charge in [-0.25, -0.2) is 13.8 Å². The van der Waals surface area contributed by atoms with Gasteiger partial charge in [0.2, 0.25) is 11.8 Å². The number of aliphatic hydroxyl groups is 2. The summed E-state index contributed by atoms with van der Waals surface area (Å²) in [7, 11) is 1.39. The molecule has 0 aliphatic carbocycles. The molecular weight excluding hydrogens is 373 g/mol. The predicted octanol–water partition coefficient (Wildman–Crippen LogP) is 0.351. The van der Waals surface area contributed by atoms with E-state index in [1.165, 1.54) is 11.7 Å². The molecule has 0 saturated carbocycles. The van der Waals surface area contributed by atoms with Gasteiger partial charge in [0.05, 0.1) is 13.2 Å². The van der Waals surface area contributed by atoms with Crippen LogP contribution in [-0.4, -0.2) is 60.9 Å². The highest BCUT2D eigenvalue weighted by molar-refractivity contribution is 5.78. The SMILES string of the molecule is CCCCn1c(=O)n([C@@H]2O[C@H]([C@@H](O)CC)[C@H](F)[C@H]2O)c2nc(N)nc(OC)c21. The number of aryl methyl sites for hydroxylation is 1. The van der Waals surface area contributed by atoms with E-state index in [4.69, 9.17) is 15.2 Å². The number of rotatable bonds is 7. The number of aromatic nitrogens is 4. The fourth-order valence-electron chi connectivity index (χ4n) is 3.47. The quantitative estimate of drug-likeness (QED) is 0.606. The van der Waals surface area contributed by atoms with Crippen molar-refractivity contribution in [1.29, 1.82) is 0 Å². The molecule has 2 aromatic rings. The number of nitrogen functional groups attached to an aromatic ring is 1. The van der Waals surface area contributed by atoms with Crippen LogP contribution in [0.15, 0.2) is 4.79 Å². The maximum absolute atomic E-state index is 14.6. The largest absolute Gasteiger partial charge is 0.479 e. The number of alkyl halides is 1. The van der Waals surface area contributed by atoms with Crippen molar-refractivity contribution in [1.82, 2.24) is 19.1 Å². The monoisotopic (exact) mass is 399 g/mol. The van der Waals surface area contributed by atoms with Gasteiger partial charge in [0.15, 0.2) is 23.6 Å². The van der Waals surface area contributed by atoms with Crippen molar-refractivity contribution in [3.8, 4) is 5.88 Å². The van der Waals surface area contributed by atoms with Gasteiger partial charge in [-0.05, 0) is 12.8 Å². The van der Waals surface area contributed by atoms with Crippen LogP contribution in [0.3, 0.4) is 0 Å². The molecule has 1 aliphatic rings. The van der Waals surface area contributed by atoms with Gasteiger partial charge in [-0.15, -0.1) is 0 Å². The summed E-state index contributed by atoms with van der Waals surface area (Å²) in [6.07, 6.45) is -5.49. The molecule has 156 valence electrons. The molecule has 10 nitrogen and oxygen atoms in total. The number of imidazole rings is 1. The van der Waals surface area contributed by atoms with Crippen molar-refractivity contribution < 1.29 is 24.1 Å². The van der Waals surface area contributed by atoms with Crippen LogP contribution in [0.5, 0.6) is 5.88 Å². The lowest BCUT2D eigenvalue weighted by Crippen LogP contribution is -2.36. The molecule has 0 spiro atoms. The summed E-state index contributed by atoms with van der Waals surface area (Å²) in [6, 6.07) is 0. The summed E-state index contributed by atoms with van der Waals surface area (Å²) in [5, 5.41) is 20.4. The second-order valence-corrected chi connectivity index (χ2v) is 6.82. The van der Waals surface area contributed by atoms with Gasteiger partial charge < -0.3 is 25.4 Å². The Labute approximate surface area is 160 Å². The van der Waals surface area contributed by atoms with E-state index in [2.05, 4.69) is 9.97 Å². The highest BCUT2D eigenvalue weighted by Crippen LogP contribution is 2.35. The average molecular weight is 399 g/mol. The Bertz CT molecular complexity index is 900. The van der Waals surface area contributed by atoms with Crippen molar-refractivity contribution >= 4 is 17.1 Å². The molecule has 1 saturated heterocycles. The number of unbranched alkanes of at least 4 members (excludes halogenated alkanes) is 1. The second kappa shape index (κ2) is 8.02. The van der Waals surface area contributed by atoms with Gasteiger partial charge in [-0.1, -0.05) is 20.3 Å². The first-order chi connectivity index (χ1) is 13.3. The van der Waals surface area contributed by atoms with Crippen LogP contribution < -0.4 is 16.2 Å². The first kappa shape index (κ1) is 20.5. The van der Waals surface area contributed by atoms with Gasteiger partial charge in [-0.3, -0.25) is 4.57 Å². The number of aliphatic hydroxyl groups excluding tert-OH is 2. The maximum Gasteiger partial charge on any atom is 0.332 e. The fraction of sp³-hybridized carbons (Fsp3) is 0.706. The fourth-order valence-corrected chi connectivity index (χ4v) is 3.47. The topological polar surface area (TPSA) is 138 Å². The minimum atomic E-state index is -1.86. The Morgan fingerprint density at radius 1 is 1.39 bits per heavy atom. The van der Waals surface area contributed by atoms with Crippen LogP contribution in [0.25, 0.3) is 11.2 Å². The van der Waals surface area contributed by atoms with Crippen LogP contribution >= 0.6 is 0 Å². The Morgan fingerprint density at radius 3 is 2.71 bits per heavy atom. The smallest absolute Gasteiger partial charge is 0.332 e. The summed E-state index contributed by atoms with van der Waals surface area (Å²) < 4.78 is 27.9. The standard InChI is InChI=1S/C17H26FN5O5/c1-4-6-7-22-10-13(20-16(19)21-14(10)27-3)23(17(22)26)15-11(25)9(18)12(28-15)8(24)5-2/h8-9,11-12,15,24-25H,4-7H2,1-3H3,(H2,19,20,21)/t8-,9+,11+,12+,15+/m0/s1. The zero-order chi connectivity index (χ0) is 20.6. The lowest BCUT2D eigenvalue weighted by Gasteiger charge is -2.18. The third-order valence-electron chi connectivity index (χ3n) is 5.00. The van der Waals surface area contributed by atoms with Crippen molar-refractivity contribution in [3.63, 3.8) is 0 Å². The van der Waals surface area contributed by atoms with E-state index in [0.717, 1.165) is 11.0 Å². The van der Waals surface area contributed by atoms with E-state index >= 15 is 0 Å². The molecule has 0 aromatic carbocycles. The van der Waals surface area contributed by atoms with Gasteiger partial charge in [0.1, 0.15) is 12.2 Å². The summed E-state index contributed by atoms with van der Waals surface area (Å²) in [5.41, 5.74) is 5.56. The molecule has 4 N–H and O–H groups in total. The number of fused-ring (bicyclic) bond motifs is 1. The molecule has 11 heteroatoms. The molecular formula is C17H26FN5O5. The number of halogens is 1. The molecule has 0 bridgehead atoms. The average Bonchev–Trinajstić information content (AvgIpc) is 3.12. The van der Waals surface area contributed by atoms with E-state index in [1.54, 1.807) is 6.92 Å². The molecule has 1 aliphatic heterocycles. The molecule has 2 aromatic heterocycles. The molecule has 3 heterocycles. The summed E-state index contributed by atoms with van der Waals surface area (Å²) >= 11 is 0. The van der Waals surface area contributed by atoms with Crippen LogP contribution in [0.1, 0.15) is 39.3 Å². The molecule has 0 unspecified atom stereocenters. The normalized spacial score (nSPS) is 26.1. The molecule has 5 atom stereocenters. The van der Waals surface area contributed by atoms with Crippen molar-refractivity contribution in [2.24, 2.45) is 0 Å². The minimum Gasteiger partial charge on any atom is -0.479 e. The number of nitrogens with two attached hydrogens (primary N) is 1. The van der Waals surface area contributed by atoms with Crippen LogP contribution in [0, 0.1) is 0 Å². The van der Waals surface area contributed by atoms with Crippen LogP contribution in [0.2, 0.25) is 0 Å². The Balaban J connectivity index is 2.20. The molecule has 0 radical (unpaired) electrons. The minimum absolute atomic E-state index is 0.0772. The number of hydrogen-bond acceptors (Lipinski definition) is 8. The lowest BCUT2D eigenvalue weighted by molar-refractivity contribution is -0.0799. The highest BCUT2D eigenvalue weighted by Gasteiger charge is 2.49. The second-order valence-electron chi connectivity index (χ2n) is 6.82. The van der Waals surface area contributed by atoms with Gasteiger partial charge in [-0.2, -0.15) is 9.97 Å². The number of methoxy groups -OCH3 is 1. The third kappa shape index (κ3) is 3.23. The molecule has 0 amide bonds. The van der Waals surface area contributed by atoms with E-state index in [9.17, 15) is 19.4 Å². The molecule has 1 fully saturated rings. The van der Waals surface area contributed by atoms with Crippen LogP contribution in [-0.2, 0) is 11.3 Å². The van der Waals surface area contributed by atoms with E-state index in [-0.39, 0.29) is 23.9 Å². The highest BCUT2D eigenvalue weighted by atomic mass is 19.1. The molecule has 3 rings (SSSR count). The zero-order valence-corrected chi connectivity index (χ0v) is 16.1. The van der Waals surface area contributed by atoms with E-state index in [0.29, 0.717) is 18.5 Å². The zero-order valence-electron chi connectivity index (χ0n) is 16.1. The van der Waals surface area contributed by atoms with Crippen LogP contribution in [0.4, 0.5) is 10.3 Å². The number of ether oxygens (including phenoxy) is 2. The van der Waals surface area contributed by atoms with E-state index in [1.807, 2.05) is 6.92 Å². The molecule has 28 heavy (non-hydrogen) atoms. The van der Waals surface area contributed by atoms with E-state index < -0.39 is 36.4 Å². The Morgan fingerprint density at radius 2 is 2.11 bits per heavy atom. The predicted molar refractivity (Wildman–Crippen MR) is 98.8 cm³/mol. The number of hydrogen-bond donors (Lipinski definition) is 3. The van der Waals surface area contributed by atoms with Gasteiger partial charge in [0.25, 0.3) is 0 Å². The van der Waals surface area contributed by atoms with Crippen molar-refractivity contribution in [3.05, 3.63) is 10.5 Å². The Hall–Kier alpha value is -2.24. The van der Waals surface area contributed by atoms with Crippen molar-refractivity contribution in [2.45, 2.75) is 70.4 Å². The first-order valence-electron chi connectivity index (χ1n) is 9.33.